The third kappa shape index (κ3) is 4.44. The van der Waals surface area contributed by atoms with Crippen molar-refractivity contribution in [1.82, 2.24) is 19.8 Å². The number of nitrogens with one attached hydrogen (secondary N) is 1. The number of aliphatic hydroxyl groups excluding tert-OH is 1. The van der Waals surface area contributed by atoms with Crippen molar-refractivity contribution >= 4 is 29.2 Å². The van der Waals surface area contributed by atoms with Gasteiger partial charge < -0.3 is 19.3 Å². The fourth-order valence-corrected chi connectivity index (χ4v) is 4.06. The molecule has 1 saturated heterocycles. The lowest BCUT2D eigenvalue weighted by molar-refractivity contribution is -0.122. The average molecular weight is 432 g/mol. The Labute approximate surface area is 180 Å². The second kappa shape index (κ2) is 9.49. The van der Waals surface area contributed by atoms with Crippen LogP contribution < -0.4 is 10.1 Å². The molecule has 30 heavy (non-hydrogen) atoms. The number of halogens is 1. The van der Waals surface area contributed by atoms with Gasteiger partial charge in [-0.05, 0) is 25.0 Å². The second-order valence-corrected chi connectivity index (χ2v) is 7.92. The summed E-state index contributed by atoms with van der Waals surface area (Å²) in [5.41, 5.74) is 1.53. The number of rotatable bonds is 10. The van der Waals surface area contributed by atoms with Crippen LogP contribution >= 0.6 is 11.6 Å². The smallest absolute Gasteiger partial charge is 0.251 e. The third-order valence-electron chi connectivity index (χ3n) is 5.47. The molecule has 4 rings (SSSR count). The van der Waals surface area contributed by atoms with Crippen LogP contribution in [0.15, 0.2) is 35.8 Å². The van der Waals surface area contributed by atoms with Crippen molar-refractivity contribution in [2.45, 2.75) is 51.2 Å². The number of unbranched alkanes of at least 4 members (excludes halogenated alkanes) is 4. The molecule has 1 aromatic heterocycles. The summed E-state index contributed by atoms with van der Waals surface area (Å²) >= 11 is 6.58. The number of amides is 1. The van der Waals surface area contributed by atoms with Gasteiger partial charge >= 0.3 is 0 Å². The van der Waals surface area contributed by atoms with Crippen LogP contribution in [0.5, 0.6) is 5.75 Å². The first-order chi connectivity index (χ1) is 14.7. The van der Waals surface area contributed by atoms with Crippen molar-refractivity contribution in [2.24, 2.45) is 4.99 Å². The number of carbonyl (C=O) groups is 1. The van der Waals surface area contributed by atoms with Crippen LogP contribution in [0.4, 0.5) is 5.69 Å². The summed E-state index contributed by atoms with van der Waals surface area (Å²) < 4.78 is 8.01. The Bertz CT molecular complexity index is 916. The number of hydrogen-bond donors (Lipinski definition) is 2. The summed E-state index contributed by atoms with van der Waals surface area (Å²) in [7, 11) is 0. The molecule has 0 aliphatic carbocycles. The number of aromatic nitrogens is 2. The van der Waals surface area contributed by atoms with Crippen LogP contribution in [0.2, 0.25) is 5.02 Å². The first-order valence-corrected chi connectivity index (χ1v) is 10.7. The summed E-state index contributed by atoms with van der Waals surface area (Å²) in [6, 6.07) is 3.05. The van der Waals surface area contributed by atoms with E-state index in [1.165, 1.54) is 12.8 Å². The number of ether oxygens (including phenoxy) is 1. The molecule has 1 atom stereocenters. The van der Waals surface area contributed by atoms with Crippen molar-refractivity contribution in [1.29, 1.82) is 0 Å². The van der Waals surface area contributed by atoms with E-state index < -0.39 is 6.04 Å². The van der Waals surface area contributed by atoms with E-state index >= 15 is 0 Å². The van der Waals surface area contributed by atoms with Gasteiger partial charge in [0, 0.05) is 24.5 Å². The number of guanidine groups is 1. The molecule has 9 heteroatoms. The highest BCUT2D eigenvalue weighted by Crippen LogP contribution is 2.39. The fourth-order valence-electron chi connectivity index (χ4n) is 3.78. The number of fused-ring (bicyclic) bond motifs is 2. The monoisotopic (exact) mass is 431 g/mol. The maximum absolute atomic E-state index is 11.9. The van der Waals surface area contributed by atoms with Crippen LogP contribution in [-0.2, 0) is 17.9 Å². The fraction of sp³-hybridized carbons (Fsp3) is 0.476. The van der Waals surface area contributed by atoms with Gasteiger partial charge in [0.05, 0.1) is 36.8 Å². The Kier molecular flexibility index (Phi) is 6.54. The van der Waals surface area contributed by atoms with E-state index in [-0.39, 0.29) is 12.5 Å². The molecule has 2 aromatic rings. The summed E-state index contributed by atoms with van der Waals surface area (Å²) in [5.74, 6) is 0.846. The van der Waals surface area contributed by atoms with Crippen LogP contribution in [0.25, 0.3) is 0 Å². The number of aliphatic hydroxyl groups is 1. The maximum atomic E-state index is 11.9. The Morgan fingerprint density at radius 2 is 2.07 bits per heavy atom. The molecule has 0 saturated carbocycles. The third-order valence-corrected chi connectivity index (χ3v) is 5.89. The van der Waals surface area contributed by atoms with Gasteiger partial charge in [-0.2, -0.15) is 0 Å². The van der Waals surface area contributed by atoms with Crippen molar-refractivity contribution in [2.75, 3.05) is 13.2 Å². The maximum Gasteiger partial charge on any atom is 0.251 e. The summed E-state index contributed by atoms with van der Waals surface area (Å²) in [6.07, 6.45) is 11.2. The van der Waals surface area contributed by atoms with Gasteiger partial charge in [0.2, 0.25) is 5.96 Å². The Morgan fingerprint density at radius 1 is 1.23 bits per heavy atom. The molecule has 2 aliphatic heterocycles. The predicted octanol–water partition coefficient (Wildman–Crippen LogP) is 2.86. The molecule has 1 fully saturated rings. The lowest BCUT2D eigenvalue weighted by Gasteiger charge is -2.28. The van der Waals surface area contributed by atoms with Crippen molar-refractivity contribution in [3.05, 3.63) is 41.4 Å². The minimum atomic E-state index is -0.633. The molecule has 0 radical (unpaired) electrons. The largest absolute Gasteiger partial charge is 0.492 e. The Morgan fingerprint density at radius 3 is 2.87 bits per heavy atom. The predicted molar refractivity (Wildman–Crippen MR) is 114 cm³/mol. The van der Waals surface area contributed by atoms with E-state index in [0.29, 0.717) is 29.9 Å². The molecular formula is C21H26ClN5O3. The molecule has 2 aliphatic rings. The molecule has 8 nitrogen and oxygen atoms in total. The SMILES string of the molecule is O=C1NC2=Nc3ccc(OCCCCCCCn4ccnc4)c(Cl)c3CN2C1CO. The highest BCUT2D eigenvalue weighted by Gasteiger charge is 2.39. The highest BCUT2D eigenvalue weighted by atomic mass is 35.5. The Balaban J connectivity index is 1.24. The Hall–Kier alpha value is -2.58. The normalized spacial score (nSPS) is 17.4. The molecule has 0 spiro atoms. The van der Waals surface area contributed by atoms with Crippen LogP contribution in [0, 0.1) is 0 Å². The molecule has 3 heterocycles. The zero-order chi connectivity index (χ0) is 20.9. The number of imidazole rings is 1. The molecule has 2 N–H and O–H groups in total. The first-order valence-electron chi connectivity index (χ1n) is 10.3. The van der Waals surface area contributed by atoms with E-state index in [1.54, 1.807) is 11.1 Å². The van der Waals surface area contributed by atoms with E-state index in [1.807, 2.05) is 24.7 Å². The van der Waals surface area contributed by atoms with E-state index in [4.69, 9.17) is 16.3 Å². The first kappa shape index (κ1) is 20.7. The van der Waals surface area contributed by atoms with E-state index in [0.717, 1.165) is 37.1 Å². The van der Waals surface area contributed by atoms with Crippen LogP contribution in [0.3, 0.4) is 0 Å². The second-order valence-electron chi connectivity index (χ2n) is 7.54. The lowest BCUT2D eigenvalue weighted by Crippen LogP contribution is -2.39. The van der Waals surface area contributed by atoms with Crippen molar-refractivity contribution in [3.8, 4) is 5.75 Å². The van der Waals surface area contributed by atoms with Gasteiger partial charge in [-0.15, -0.1) is 0 Å². The average Bonchev–Trinajstić information content (AvgIpc) is 3.36. The highest BCUT2D eigenvalue weighted by molar-refractivity contribution is 6.33. The number of aryl methyl sites for hydroxylation is 1. The van der Waals surface area contributed by atoms with Crippen LogP contribution in [-0.4, -0.2) is 50.7 Å². The zero-order valence-corrected chi connectivity index (χ0v) is 17.5. The van der Waals surface area contributed by atoms with Gasteiger partial charge in [-0.3, -0.25) is 10.1 Å². The van der Waals surface area contributed by atoms with Crippen molar-refractivity contribution < 1.29 is 14.6 Å². The van der Waals surface area contributed by atoms with E-state index in [9.17, 15) is 9.90 Å². The van der Waals surface area contributed by atoms with Gasteiger partial charge in [-0.1, -0.05) is 30.9 Å². The number of benzene rings is 1. The minimum absolute atomic E-state index is 0.248. The quantitative estimate of drug-likeness (QED) is 0.564. The van der Waals surface area contributed by atoms with Gasteiger partial charge in [0.25, 0.3) is 5.91 Å². The molecule has 1 unspecified atom stereocenters. The minimum Gasteiger partial charge on any atom is -0.492 e. The van der Waals surface area contributed by atoms with E-state index in [2.05, 4.69) is 19.9 Å². The standard InChI is InChI=1S/C21H26ClN5O3/c22-19-15-12-27-17(13-28)20(29)25-21(27)24-16(15)6-7-18(19)30-11-5-3-1-2-4-9-26-10-8-23-14-26/h6-8,10,14,17,28H,1-5,9,11-13H2,(H,24,25,29). The van der Waals surface area contributed by atoms with Gasteiger partial charge in [0.15, 0.2) is 0 Å². The number of aliphatic imine (C=N–C) groups is 1. The van der Waals surface area contributed by atoms with Crippen LogP contribution in [0.1, 0.15) is 37.7 Å². The molecular weight excluding hydrogens is 406 g/mol. The lowest BCUT2D eigenvalue weighted by atomic mass is 10.1. The zero-order valence-electron chi connectivity index (χ0n) is 16.8. The van der Waals surface area contributed by atoms with Crippen molar-refractivity contribution in [3.63, 3.8) is 0 Å². The van der Waals surface area contributed by atoms with Gasteiger partial charge in [-0.25, -0.2) is 9.98 Å². The topological polar surface area (TPSA) is 92.0 Å². The molecule has 1 aromatic carbocycles. The number of hydrogen-bond acceptors (Lipinski definition) is 6. The number of nitrogens with zero attached hydrogens (tertiary/aromatic N) is 4. The molecule has 1 amide bonds. The number of carbonyl (C=O) groups excluding carboxylic acids is 1. The molecule has 160 valence electrons. The summed E-state index contributed by atoms with van der Waals surface area (Å²) in [4.78, 5) is 22.2. The summed E-state index contributed by atoms with van der Waals surface area (Å²) in [6.45, 7) is 1.76. The molecule has 0 bridgehead atoms. The summed E-state index contributed by atoms with van der Waals surface area (Å²) in [5, 5.41) is 12.7. The van der Waals surface area contributed by atoms with Gasteiger partial charge in [0.1, 0.15) is 11.8 Å².